The largest absolute Gasteiger partial charge is 0.465 e. The fraction of sp³-hybridized carbons (Fsp3) is 0.725. The Hall–Kier alpha value is -3.59. The fourth-order valence-electron chi connectivity index (χ4n) is 5.21. The molecule has 0 aliphatic heterocycles. The lowest BCUT2D eigenvalue weighted by atomic mass is 9.89. The van der Waals surface area contributed by atoms with E-state index in [1.165, 1.54) is 19.2 Å². The molecule has 0 saturated heterocycles. The number of hydrogen-bond donors (Lipinski definition) is 4. The summed E-state index contributed by atoms with van der Waals surface area (Å²) in [6.45, 7) is 21.9. The molecule has 1 aromatic carbocycles. The third kappa shape index (κ3) is 19.7. The molecule has 0 atom stereocenters. The van der Waals surface area contributed by atoms with E-state index < -0.39 is 22.6 Å². The maximum absolute atomic E-state index is 13.5. The number of ether oxygens (including phenoxy) is 4. The van der Waals surface area contributed by atoms with Crippen LogP contribution in [0.5, 0.6) is 0 Å². The van der Waals surface area contributed by atoms with Gasteiger partial charge in [0, 0.05) is 63.7 Å². The second-order valence-corrected chi connectivity index (χ2v) is 17.6. The normalized spacial score (nSPS) is 12.5. The minimum Gasteiger partial charge on any atom is -0.465 e. The highest BCUT2D eigenvalue weighted by molar-refractivity contribution is 5.96. The molecule has 0 bridgehead atoms. The third-order valence-electron chi connectivity index (χ3n) is 8.62. The van der Waals surface area contributed by atoms with E-state index in [2.05, 4.69) is 16.0 Å². The van der Waals surface area contributed by atoms with Gasteiger partial charge in [0.05, 0.1) is 50.1 Å². The second-order valence-electron chi connectivity index (χ2n) is 17.6. The maximum Gasteiger partial charge on any atom is 0.337 e. The summed E-state index contributed by atoms with van der Waals surface area (Å²) in [5, 5.41) is 8.73. The number of nitrogens with two attached hydrogens (primary N) is 1. The molecule has 14 nitrogen and oxygen atoms in total. The lowest BCUT2D eigenvalue weighted by Crippen LogP contribution is -2.45. The van der Waals surface area contributed by atoms with Gasteiger partial charge >= 0.3 is 5.97 Å². The van der Waals surface area contributed by atoms with Crippen LogP contribution < -0.4 is 21.7 Å². The van der Waals surface area contributed by atoms with E-state index in [9.17, 15) is 24.0 Å². The van der Waals surface area contributed by atoms with E-state index in [-0.39, 0.29) is 93.1 Å². The first-order valence-electron chi connectivity index (χ1n) is 18.6. The van der Waals surface area contributed by atoms with E-state index in [1.807, 2.05) is 69.2 Å². The summed E-state index contributed by atoms with van der Waals surface area (Å²) in [5.74, 6) is -1.35. The van der Waals surface area contributed by atoms with E-state index in [0.717, 1.165) is 0 Å². The minimum absolute atomic E-state index is 0.153. The Balaban J connectivity index is 2.74. The summed E-state index contributed by atoms with van der Waals surface area (Å²) in [4.78, 5) is 65.3. The molecule has 5 N–H and O–H groups in total. The van der Waals surface area contributed by atoms with E-state index in [4.69, 9.17) is 24.7 Å². The molecular weight excluding hydrogens is 694 g/mol. The third-order valence-corrected chi connectivity index (χ3v) is 8.62. The van der Waals surface area contributed by atoms with Crippen molar-refractivity contribution in [1.29, 1.82) is 0 Å². The quantitative estimate of drug-likeness (QED) is 0.107. The van der Waals surface area contributed by atoms with Crippen molar-refractivity contribution in [1.82, 2.24) is 20.9 Å². The van der Waals surface area contributed by atoms with E-state index in [0.29, 0.717) is 30.9 Å². The summed E-state index contributed by atoms with van der Waals surface area (Å²) in [7, 11) is 2.87. The van der Waals surface area contributed by atoms with Crippen LogP contribution in [0, 0.1) is 16.2 Å². The van der Waals surface area contributed by atoms with Crippen LogP contribution in [-0.4, -0.2) is 119 Å². The number of methoxy groups -OCH3 is 2. The summed E-state index contributed by atoms with van der Waals surface area (Å²) >= 11 is 0. The number of rotatable bonds is 25. The molecule has 0 aromatic heterocycles. The Morgan fingerprint density at radius 3 is 1.54 bits per heavy atom. The highest BCUT2D eigenvalue weighted by Crippen LogP contribution is 2.25. The zero-order valence-corrected chi connectivity index (χ0v) is 35.0. The number of hydrogen-bond acceptors (Lipinski definition) is 10. The highest BCUT2D eigenvalue weighted by Gasteiger charge is 2.30. The van der Waals surface area contributed by atoms with Crippen LogP contribution in [0.1, 0.15) is 109 Å². The molecular formula is C40H69N5O9. The number of nitrogens with zero attached hydrogens (tertiary/aromatic N) is 1. The van der Waals surface area contributed by atoms with Crippen LogP contribution in [0.4, 0.5) is 0 Å². The lowest BCUT2D eigenvalue weighted by Gasteiger charge is -2.33. The zero-order chi connectivity index (χ0) is 41.4. The number of carbonyl (C=O) groups excluding carboxylic acids is 5. The smallest absolute Gasteiger partial charge is 0.337 e. The fourth-order valence-corrected chi connectivity index (χ4v) is 5.21. The van der Waals surface area contributed by atoms with Crippen molar-refractivity contribution in [3.8, 4) is 0 Å². The van der Waals surface area contributed by atoms with Crippen LogP contribution in [0.2, 0.25) is 0 Å². The van der Waals surface area contributed by atoms with Crippen molar-refractivity contribution in [3.63, 3.8) is 0 Å². The van der Waals surface area contributed by atoms with Gasteiger partial charge in [-0.1, -0.05) is 41.5 Å². The van der Waals surface area contributed by atoms with Gasteiger partial charge in [-0.05, 0) is 69.3 Å². The van der Waals surface area contributed by atoms with Crippen LogP contribution in [0.25, 0.3) is 0 Å². The Kier molecular flexibility index (Phi) is 19.3. The second kappa shape index (κ2) is 21.5. The minimum atomic E-state index is -0.694. The summed E-state index contributed by atoms with van der Waals surface area (Å²) in [5.41, 5.74) is 4.05. The van der Waals surface area contributed by atoms with Gasteiger partial charge in [0.2, 0.25) is 17.7 Å². The highest BCUT2D eigenvalue weighted by atomic mass is 16.5. The predicted octanol–water partition coefficient (Wildman–Crippen LogP) is 3.71. The van der Waals surface area contributed by atoms with Crippen molar-refractivity contribution in [3.05, 3.63) is 35.4 Å². The van der Waals surface area contributed by atoms with Gasteiger partial charge in [0.25, 0.3) is 5.91 Å². The maximum atomic E-state index is 13.5. The van der Waals surface area contributed by atoms with Gasteiger partial charge < -0.3 is 45.5 Å². The Labute approximate surface area is 323 Å². The Morgan fingerprint density at radius 2 is 1.06 bits per heavy atom. The zero-order valence-electron chi connectivity index (χ0n) is 35.0. The van der Waals surface area contributed by atoms with Gasteiger partial charge in [-0.15, -0.1) is 0 Å². The van der Waals surface area contributed by atoms with Crippen LogP contribution in [0.15, 0.2) is 24.3 Å². The topological polar surface area (TPSA) is 188 Å². The molecule has 1 aromatic rings. The SMILES string of the molecule is COCC(C)(C)CC(=O)NCCN(CCNC(=O)CC(C)(C)COC(C)(C)CNC(=O)CC(C)(C)OCC(C)(C)CN)C(=O)c1ccc(C(=O)OC)cc1. The molecule has 0 aliphatic carbocycles. The molecule has 54 heavy (non-hydrogen) atoms. The molecule has 1 rings (SSSR count). The summed E-state index contributed by atoms with van der Waals surface area (Å²) in [6.07, 6.45) is 0.603. The monoisotopic (exact) mass is 764 g/mol. The predicted molar refractivity (Wildman–Crippen MR) is 209 cm³/mol. The van der Waals surface area contributed by atoms with Gasteiger partial charge in [0.1, 0.15) is 0 Å². The molecule has 0 spiro atoms. The average Bonchev–Trinajstić information content (AvgIpc) is 3.07. The number of carbonyl (C=O) groups is 5. The van der Waals surface area contributed by atoms with Gasteiger partial charge in [0.15, 0.2) is 0 Å². The molecule has 308 valence electrons. The van der Waals surface area contributed by atoms with Crippen LogP contribution >= 0.6 is 0 Å². The van der Waals surface area contributed by atoms with Gasteiger partial charge in [-0.25, -0.2) is 4.79 Å². The first kappa shape index (κ1) is 48.4. The summed E-state index contributed by atoms with van der Waals surface area (Å²) in [6, 6.07) is 6.12. The first-order valence-corrected chi connectivity index (χ1v) is 18.6. The molecule has 0 unspecified atom stereocenters. The standard InChI is InChI=1S/C40H69N5O9/c1-36(2,26-51-11)21-31(46)42-17-19-45(34(49)29-13-15-30(16-14-29)35(50)52-12)20-18-43-32(47)22-37(3,4)27-54-40(9,10)25-44-33(48)23-39(7,8)53-28-38(5,6)24-41/h13-16H,17-28,41H2,1-12H3,(H,42,46)(H,43,47)(H,44,48). The summed E-state index contributed by atoms with van der Waals surface area (Å²) < 4.78 is 22.1. The van der Waals surface area contributed by atoms with E-state index in [1.54, 1.807) is 24.1 Å². The van der Waals surface area contributed by atoms with Crippen molar-refractivity contribution >= 4 is 29.6 Å². The molecule has 0 aliphatic rings. The van der Waals surface area contributed by atoms with Gasteiger partial charge in [-0.3, -0.25) is 19.2 Å². The lowest BCUT2D eigenvalue weighted by molar-refractivity contribution is -0.131. The van der Waals surface area contributed by atoms with Crippen molar-refractivity contribution in [2.45, 2.75) is 99.7 Å². The number of nitrogens with one attached hydrogen (secondary N) is 3. The molecule has 0 heterocycles. The van der Waals surface area contributed by atoms with Crippen LogP contribution in [0.3, 0.4) is 0 Å². The van der Waals surface area contributed by atoms with Crippen molar-refractivity contribution < 1.29 is 42.9 Å². The number of benzene rings is 1. The van der Waals surface area contributed by atoms with Crippen molar-refractivity contribution in [2.24, 2.45) is 22.0 Å². The first-order chi connectivity index (χ1) is 24.9. The Bertz CT molecular complexity index is 1370. The van der Waals surface area contributed by atoms with Crippen molar-refractivity contribution in [2.75, 3.05) is 73.3 Å². The Morgan fingerprint density at radius 1 is 0.611 bits per heavy atom. The number of amides is 4. The number of esters is 1. The molecule has 4 amide bonds. The molecule has 14 heteroatoms. The molecule has 0 radical (unpaired) electrons. The molecule has 0 saturated carbocycles. The average molecular weight is 764 g/mol. The molecule has 0 fully saturated rings. The van der Waals surface area contributed by atoms with Crippen LogP contribution in [-0.2, 0) is 33.3 Å². The van der Waals surface area contributed by atoms with Gasteiger partial charge in [-0.2, -0.15) is 0 Å². The van der Waals surface area contributed by atoms with E-state index >= 15 is 0 Å².